The second-order valence-electron chi connectivity index (χ2n) is 3.13. The minimum absolute atomic E-state index is 0. The summed E-state index contributed by atoms with van der Waals surface area (Å²) in [6, 6.07) is 5.62. The van der Waals surface area contributed by atoms with Gasteiger partial charge in [0, 0.05) is 23.9 Å². The molecule has 0 heterocycles. The molecule has 0 radical (unpaired) electrons. The summed E-state index contributed by atoms with van der Waals surface area (Å²) in [5.41, 5.74) is -0.0107. The second-order valence-corrected chi connectivity index (χ2v) is 6.06. The molecular formula is C10H17NNa3O5PS. The van der Waals surface area contributed by atoms with Gasteiger partial charge in [-0.2, -0.15) is 0 Å². The van der Waals surface area contributed by atoms with E-state index >= 15 is 0 Å². The molecule has 6 nitrogen and oxygen atoms in total. The van der Waals surface area contributed by atoms with Gasteiger partial charge >= 0.3 is 95.4 Å². The monoisotopic (exact) mass is 363 g/mol. The first kappa shape index (κ1) is 27.8. The fourth-order valence-corrected chi connectivity index (χ4v) is 3.25. The second kappa shape index (κ2) is 14.3. The van der Waals surface area contributed by atoms with Crippen LogP contribution in [0.25, 0.3) is 0 Å². The predicted molar refractivity (Wildman–Crippen MR) is 92.7 cm³/mol. The van der Waals surface area contributed by atoms with E-state index in [1.807, 2.05) is 0 Å². The first-order valence-corrected chi connectivity index (χ1v) is 7.89. The Morgan fingerprint density at radius 3 is 1.86 bits per heavy atom. The maximum atomic E-state index is 10.5. The van der Waals surface area contributed by atoms with Gasteiger partial charge in [-0.15, -0.1) is 0 Å². The molecule has 1 aromatic carbocycles. The standard InChI is InChI=1S/C10H14NO5PS.3Na.3H/c1-3-14-17(18,15-4-2)16-10-7-5-9(6-8-10)11(12)13;;;;;;/h5-8H,3-4H2,1-2H3;;;;;;. The van der Waals surface area contributed by atoms with Crippen LogP contribution in [0.4, 0.5) is 5.69 Å². The Labute approximate surface area is 196 Å². The van der Waals surface area contributed by atoms with Crippen LogP contribution in [0.5, 0.6) is 5.75 Å². The van der Waals surface area contributed by atoms with Crippen LogP contribution in [0.3, 0.4) is 0 Å². The zero-order valence-electron chi connectivity index (χ0n) is 10.1. The van der Waals surface area contributed by atoms with Crippen LogP contribution >= 0.6 is 6.72 Å². The average Bonchev–Trinajstić information content (AvgIpc) is 2.30. The molecule has 0 atom stereocenters. The maximum absolute atomic E-state index is 10.5. The molecule has 1 rings (SSSR count). The molecule has 106 valence electrons. The zero-order chi connectivity index (χ0) is 13.6. The van der Waals surface area contributed by atoms with Crippen LogP contribution in [-0.4, -0.2) is 107 Å². The van der Waals surface area contributed by atoms with Crippen LogP contribution in [0.1, 0.15) is 13.8 Å². The van der Waals surface area contributed by atoms with Crippen LogP contribution in [-0.2, 0) is 20.9 Å². The molecular weight excluding hydrogens is 346 g/mol. The average molecular weight is 363 g/mol. The first-order valence-electron chi connectivity index (χ1n) is 5.34. The fourth-order valence-electron chi connectivity index (χ4n) is 1.16. The van der Waals surface area contributed by atoms with Gasteiger partial charge in [-0.3, -0.25) is 19.2 Å². The van der Waals surface area contributed by atoms with E-state index in [0.29, 0.717) is 19.0 Å². The first-order chi connectivity index (χ1) is 8.50. The Balaban J connectivity index is -0.00000108. The molecule has 0 saturated heterocycles. The Kier molecular flexibility index (Phi) is 19.0. The number of nitro groups is 1. The van der Waals surface area contributed by atoms with E-state index in [0.717, 1.165) is 0 Å². The molecule has 0 saturated carbocycles. The van der Waals surface area contributed by atoms with E-state index in [-0.39, 0.29) is 94.4 Å². The Hall–Kier alpha value is 1.99. The number of nitrogens with zero attached hydrogens (tertiary/aromatic N) is 1. The molecule has 1 aromatic rings. The molecule has 0 aliphatic rings. The Bertz CT molecular complexity index is 453. The SMILES string of the molecule is CCOP(=S)(OCC)Oc1ccc([N+](=O)[O-])cc1.[NaH].[NaH].[NaH]. The van der Waals surface area contributed by atoms with Gasteiger partial charge in [-0.05, 0) is 26.0 Å². The fraction of sp³-hybridized carbons (Fsp3) is 0.400. The van der Waals surface area contributed by atoms with Crippen molar-refractivity contribution >= 4 is 113 Å². The number of hydrogen-bond donors (Lipinski definition) is 0. The van der Waals surface area contributed by atoms with Crippen molar-refractivity contribution in [2.24, 2.45) is 0 Å². The normalized spacial score (nSPS) is 9.62. The molecule has 0 bridgehead atoms. The third kappa shape index (κ3) is 10.5. The van der Waals surface area contributed by atoms with E-state index in [1.54, 1.807) is 13.8 Å². The third-order valence-corrected chi connectivity index (χ3v) is 4.28. The summed E-state index contributed by atoms with van der Waals surface area (Å²) in [7, 11) is 0. The van der Waals surface area contributed by atoms with Crippen molar-refractivity contribution in [3.63, 3.8) is 0 Å². The third-order valence-electron chi connectivity index (χ3n) is 1.84. The van der Waals surface area contributed by atoms with Gasteiger partial charge in [-0.25, -0.2) is 0 Å². The molecule has 0 aliphatic carbocycles. The summed E-state index contributed by atoms with van der Waals surface area (Å²) in [6.45, 7) is 1.52. The van der Waals surface area contributed by atoms with Gasteiger partial charge in [0.1, 0.15) is 5.75 Å². The molecule has 0 N–H and O–H groups in total. The number of benzene rings is 1. The summed E-state index contributed by atoms with van der Waals surface area (Å²) in [6.07, 6.45) is 0. The van der Waals surface area contributed by atoms with Gasteiger partial charge < -0.3 is 4.52 Å². The summed E-state index contributed by atoms with van der Waals surface area (Å²) >= 11 is 5.18. The van der Waals surface area contributed by atoms with Crippen LogP contribution in [0.2, 0.25) is 0 Å². The number of rotatable bonds is 7. The van der Waals surface area contributed by atoms with E-state index in [9.17, 15) is 10.1 Å². The summed E-state index contributed by atoms with van der Waals surface area (Å²) in [5.74, 6) is 0.394. The van der Waals surface area contributed by atoms with E-state index in [4.69, 9.17) is 25.4 Å². The van der Waals surface area contributed by atoms with Gasteiger partial charge in [0.2, 0.25) is 0 Å². The minimum atomic E-state index is -2.82. The van der Waals surface area contributed by atoms with Gasteiger partial charge in [0.25, 0.3) is 5.69 Å². The quantitative estimate of drug-likeness (QED) is 0.315. The summed E-state index contributed by atoms with van der Waals surface area (Å²) < 4.78 is 16.1. The van der Waals surface area contributed by atoms with Crippen molar-refractivity contribution in [3.8, 4) is 5.75 Å². The van der Waals surface area contributed by atoms with Crippen molar-refractivity contribution in [2.75, 3.05) is 13.2 Å². The zero-order valence-corrected chi connectivity index (χ0v) is 11.8. The topological polar surface area (TPSA) is 70.8 Å². The molecule has 0 amide bonds. The van der Waals surface area contributed by atoms with Crippen molar-refractivity contribution < 1.29 is 18.5 Å². The molecule has 0 aromatic heterocycles. The van der Waals surface area contributed by atoms with Crippen molar-refractivity contribution in [1.29, 1.82) is 0 Å². The van der Waals surface area contributed by atoms with Crippen LogP contribution in [0.15, 0.2) is 24.3 Å². The number of hydrogen-bond acceptors (Lipinski definition) is 6. The number of non-ortho nitro benzene ring substituents is 1. The molecule has 21 heavy (non-hydrogen) atoms. The summed E-state index contributed by atoms with van der Waals surface area (Å²) in [5, 5.41) is 10.5. The predicted octanol–water partition coefficient (Wildman–Crippen LogP) is 1.33. The van der Waals surface area contributed by atoms with Crippen molar-refractivity contribution in [1.82, 2.24) is 0 Å². The molecule has 0 unspecified atom stereocenters. The molecule has 11 heteroatoms. The summed E-state index contributed by atoms with van der Waals surface area (Å²) in [4.78, 5) is 10.0. The van der Waals surface area contributed by atoms with E-state index in [2.05, 4.69) is 0 Å². The van der Waals surface area contributed by atoms with Crippen LogP contribution < -0.4 is 4.52 Å². The van der Waals surface area contributed by atoms with Gasteiger partial charge in [0.15, 0.2) is 0 Å². The van der Waals surface area contributed by atoms with E-state index < -0.39 is 11.6 Å². The van der Waals surface area contributed by atoms with Crippen LogP contribution in [0, 0.1) is 10.1 Å². The van der Waals surface area contributed by atoms with Gasteiger partial charge in [0.05, 0.1) is 18.1 Å². The van der Waals surface area contributed by atoms with E-state index in [1.165, 1.54) is 24.3 Å². The van der Waals surface area contributed by atoms with Gasteiger partial charge in [-0.1, -0.05) is 0 Å². The molecule has 0 fully saturated rings. The number of nitro benzene ring substituents is 1. The van der Waals surface area contributed by atoms with Crippen molar-refractivity contribution in [2.45, 2.75) is 13.8 Å². The Morgan fingerprint density at radius 2 is 1.52 bits per heavy atom. The molecule has 0 aliphatic heterocycles. The molecule has 0 spiro atoms. The Morgan fingerprint density at radius 1 is 1.10 bits per heavy atom. The van der Waals surface area contributed by atoms with Crippen molar-refractivity contribution in [3.05, 3.63) is 34.4 Å².